The van der Waals surface area contributed by atoms with E-state index in [1.807, 2.05) is 6.07 Å². The summed E-state index contributed by atoms with van der Waals surface area (Å²) in [6.07, 6.45) is 4.32. The van der Waals surface area contributed by atoms with Gasteiger partial charge in [-0.15, -0.1) is 0 Å². The SMILES string of the molecule is CCCC(N)C(CC)Oc1ccccc1C(C)CC. The zero-order chi connectivity index (χ0) is 14.3. The summed E-state index contributed by atoms with van der Waals surface area (Å²) in [7, 11) is 0. The summed E-state index contributed by atoms with van der Waals surface area (Å²) in [5.41, 5.74) is 7.52. The molecule has 1 aromatic carbocycles. The van der Waals surface area contributed by atoms with Crippen LogP contribution in [-0.4, -0.2) is 12.1 Å². The van der Waals surface area contributed by atoms with E-state index in [-0.39, 0.29) is 12.1 Å². The molecule has 1 aromatic rings. The molecule has 3 unspecified atom stereocenters. The zero-order valence-corrected chi connectivity index (χ0v) is 12.9. The topological polar surface area (TPSA) is 35.2 Å². The summed E-state index contributed by atoms with van der Waals surface area (Å²) in [5, 5.41) is 0. The highest BCUT2D eigenvalue weighted by molar-refractivity contribution is 5.36. The lowest BCUT2D eigenvalue weighted by molar-refractivity contribution is 0.159. The van der Waals surface area contributed by atoms with Crippen molar-refractivity contribution in [3.8, 4) is 5.75 Å². The molecule has 0 aliphatic carbocycles. The van der Waals surface area contributed by atoms with Gasteiger partial charge in [0.2, 0.25) is 0 Å². The Bertz CT molecular complexity index is 364. The molecule has 0 heterocycles. The van der Waals surface area contributed by atoms with Crippen LogP contribution in [0.1, 0.15) is 64.9 Å². The predicted molar refractivity (Wildman–Crippen MR) is 82.7 cm³/mol. The number of ether oxygens (including phenoxy) is 1. The van der Waals surface area contributed by atoms with Crippen molar-refractivity contribution in [1.82, 2.24) is 0 Å². The van der Waals surface area contributed by atoms with Gasteiger partial charge in [0.05, 0.1) is 0 Å². The molecule has 108 valence electrons. The lowest BCUT2D eigenvalue weighted by Gasteiger charge is -2.26. The second-order valence-electron chi connectivity index (χ2n) is 5.36. The number of rotatable bonds is 8. The predicted octanol–water partition coefficient (Wildman–Crippen LogP) is 4.48. The van der Waals surface area contributed by atoms with Crippen molar-refractivity contribution >= 4 is 0 Å². The second kappa shape index (κ2) is 8.21. The third-order valence-corrected chi connectivity index (χ3v) is 3.84. The molecule has 19 heavy (non-hydrogen) atoms. The molecule has 0 fully saturated rings. The lowest BCUT2D eigenvalue weighted by Crippen LogP contribution is -2.38. The Labute approximate surface area is 118 Å². The van der Waals surface area contributed by atoms with Crippen LogP contribution in [0.4, 0.5) is 0 Å². The van der Waals surface area contributed by atoms with Crippen LogP contribution < -0.4 is 10.5 Å². The third kappa shape index (κ3) is 4.54. The van der Waals surface area contributed by atoms with Crippen molar-refractivity contribution in [2.75, 3.05) is 0 Å². The first-order valence-electron chi connectivity index (χ1n) is 7.65. The van der Waals surface area contributed by atoms with Gasteiger partial charge >= 0.3 is 0 Å². The summed E-state index contributed by atoms with van der Waals surface area (Å²) in [4.78, 5) is 0. The summed E-state index contributed by atoms with van der Waals surface area (Å²) in [5.74, 6) is 1.53. The van der Waals surface area contributed by atoms with E-state index < -0.39 is 0 Å². The van der Waals surface area contributed by atoms with Crippen molar-refractivity contribution in [2.24, 2.45) is 5.73 Å². The molecule has 0 saturated heterocycles. The molecule has 3 atom stereocenters. The average Bonchev–Trinajstić information content (AvgIpc) is 2.44. The summed E-state index contributed by atoms with van der Waals surface area (Å²) in [6.45, 7) is 8.77. The molecular weight excluding hydrogens is 234 g/mol. The van der Waals surface area contributed by atoms with Crippen molar-refractivity contribution in [3.05, 3.63) is 29.8 Å². The first kappa shape index (κ1) is 16.0. The number of hydrogen-bond donors (Lipinski definition) is 1. The summed E-state index contributed by atoms with van der Waals surface area (Å²) >= 11 is 0. The monoisotopic (exact) mass is 263 g/mol. The standard InChI is InChI=1S/C17H29NO/c1-5-10-15(18)16(7-3)19-17-12-9-8-11-14(17)13(4)6-2/h8-9,11-13,15-16H,5-7,10,18H2,1-4H3. The van der Waals surface area contributed by atoms with Crippen LogP contribution >= 0.6 is 0 Å². The Morgan fingerprint density at radius 3 is 2.37 bits per heavy atom. The van der Waals surface area contributed by atoms with Crippen molar-refractivity contribution in [2.45, 2.75) is 71.4 Å². The van der Waals surface area contributed by atoms with Crippen LogP contribution in [0.25, 0.3) is 0 Å². The highest BCUT2D eigenvalue weighted by Crippen LogP contribution is 2.29. The van der Waals surface area contributed by atoms with E-state index in [0.29, 0.717) is 5.92 Å². The van der Waals surface area contributed by atoms with Crippen LogP contribution in [0.15, 0.2) is 24.3 Å². The smallest absolute Gasteiger partial charge is 0.123 e. The Morgan fingerprint density at radius 2 is 1.79 bits per heavy atom. The van der Waals surface area contributed by atoms with E-state index in [1.54, 1.807) is 0 Å². The van der Waals surface area contributed by atoms with Gasteiger partial charge in [-0.1, -0.05) is 52.3 Å². The van der Waals surface area contributed by atoms with Crippen LogP contribution in [0, 0.1) is 0 Å². The molecule has 0 bridgehead atoms. The Balaban J connectivity index is 2.84. The van der Waals surface area contributed by atoms with Gasteiger partial charge in [0, 0.05) is 6.04 Å². The van der Waals surface area contributed by atoms with Gasteiger partial charge in [0.1, 0.15) is 11.9 Å². The Hall–Kier alpha value is -1.02. The minimum atomic E-state index is 0.116. The highest BCUT2D eigenvalue weighted by Gasteiger charge is 2.19. The number of nitrogens with two attached hydrogens (primary N) is 1. The van der Waals surface area contributed by atoms with Gasteiger partial charge < -0.3 is 10.5 Å². The lowest BCUT2D eigenvalue weighted by atomic mass is 9.97. The zero-order valence-electron chi connectivity index (χ0n) is 12.9. The van der Waals surface area contributed by atoms with Gasteiger partial charge in [-0.25, -0.2) is 0 Å². The molecule has 0 saturated carbocycles. The molecule has 0 amide bonds. The fraction of sp³-hybridized carbons (Fsp3) is 0.647. The minimum absolute atomic E-state index is 0.116. The maximum atomic E-state index is 6.22. The van der Waals surface area contributed by atoms with E-state index in [2.05, 4.69) is 45.9 Å². The van der Waals surface area contributed by atoms with Crippen LogP contribution in [0.3, 0.4) is 0 Å². The second-order valence-corrected chi connectivity index (χ2v) is 5.36. The van der Waals surface area contributed by atoms with Crippen molar-refractivity contribution < 1.29 is 4.74 Å². The molecule has 1 rings (SSSR count). The van der Waals surface area contributed by atoms with E-state index >= 15 is 0 Å². The quantitative estimate of drug-likeness (QED) is 0.750. The number of benzene rings is 1. The number of para-hydroxylation sites is 1. The molecule has 2 heteroatoms. The summed E-state index contributed by atoms with van der Waals surface area (Å²) < 4.78 is 6.21. The first-order chi connectivity index (χ1) is 9.13. The Morgan fingerprint density at radius 1 is 1.11 bits per heavy atom. The van der Waals surface area contributed by atoms with E-state index in [4.69, 9.17) is 10.5 Å². The maximum absolute atomic E-state index is 6.22. The molecule has 0 radical (unpaired) electrons. The number of hydrogen-bond acceptors (Lipinski definition) is 2. The largest absolute Gasteiger partial charge is 0.489 e. The molecule has 2 N–H and O–H groups in total. The van der Waals surface area contributed by atoms with Crippen LogP contribution in [0.5, 0.6) is 5.75 Å². The van der Waals surface area contributed by atoms with Crippen LogP contribution in [-0.2, 0) is 0 Å². The van der Waals surface area contributed by atoms with Gasteiger partial charge in [0.25, 0.3) is 0 Å². The third-order valence-electron chi connectivity index (χ3n) is 3.84. The molecular formula is C17H29NO. The maximum Gasteiger partial charge on any atom is 0.123 e. The fourth-order valence-corrected chi connectivity index (χ4v) is 2.37. The molecule has 0 aliphatic rings. The molecule has 0 aromatic heterocycles. The summed E-state index contributed by atoms with van der Waals surface area (Å²) in [6, 6.07) is 8.49. The van der Waals surface area contributed by atoms with Gasteiger partial charge in [-0.2, -0.15) is 0 Å². The first-order valence-corrected chi connectivity index (χ1v) is 7.65. The highest BCUT2D eigenvalue weighted by atomic mass is 16.5. The van der Waals surface area contributed by atoms with Crippen molar-refractivity contribution in [1.29, 1.82) is 0 Å². The van der Waals surface area contributed by atoms with E-state index in [1.165, 1.54) is 5.56 Å². The van der Waals surface area contributed by atoms with E-state index in [9.17, 15) is 0 Å². The van der Waals surface area contributed by atoms with Gasteiger partial charge in [0.15, 0.2) is 0 Å². The van der Waals surface area contributed by atoms with Crippen LogP contribution in [0.2, 0.25) is 0 Å². The minimum Gasteiger partial charge on any atom is -0.489 e. The van der Waals surface area contributed by atoms with Gasteiger partial charge in [-0.05, 0) is 36.8 Å². The molecule has 0 aliphatic heterocycles. The normalized spacial score (nSPS) is 15.8. The van der Waals surface area contributed by atoms with Gasteiger partial charge in [-0.3, -0.25) is 0 Å². The fourth-order valence-electron chi connectivity index (χ4n) is 2.37. The Kier molecular flexibility index (Phi) is 6.93. The van der Waals surface area contributed by atoms with E-state index in [0.717, 1.165) is 31.4 Å². The average molecular weight is 263 g/mol. The molecule has 0 spiro atoms. The molecule has 2 nitrogen and oxygen atoms in total. The van der Waals surface area contributed by atoms with Crippen molar-refractivity contribution in [3.63, 3.8) is 0 Å².